The highest BCUT2D eigenvalue weighted by molar-refractivity contribution is 7.89. The van der Waals surface area contributed by atoms with E-state index in [0.29, 0.717) is 6.42 Å². The predicted octanol–water partition coefficient (Wildman–Crippen LogP) is 2.18. The SMILES string of the molecule is CCC(C)C(C)(O)CNS(=O)(=O)c1cc(F)c(F)cc1F. The molecule has 0 aromatic heterocycles. The summed E-state index contributed by atoms with van der Waals surface area (Å²) < 4.78 is 65.2. The highest BCUT2D eigenvalue weighted by Gasteiger charge is 2.30. The van der Waals surface area contributed by atoms with Gasteiger partial charge in [0.1, 0.15) is 10.7 Å². The molecular formula is C13H18F3NO3S. The molecule has 2 unspecified atom stereocenters. The van der Waals surface area contributed by atoms with Crippen LogP contribution in [0.2, 0.25) is 0 Å². The van der Waals surface area contributed by atoms with Gasteiger partial charge in [-0.25, -0.2) is 26.3 Å². The van der Waals surface area contributed by atoms with Gasteiger partial charge in [0.05, 0.1) is 5.60 Å². The second-order valence-electron chi connectivity index (χ2n) is 5.19. The number of sulfonamides is 1. The van der Waals surface area contributed by atoms with E-state index in [1.54, 1.807) is 6.92 Å². The third-order valence-electron chi connectivity index (χ3n) is 3.56. The number of rotatable bonds is 6. The van der Waals surface area contributed by atoms with Crippen LogP contribution in [0.25, 0.3) is 0 Å². The zero-order valence-electron chi connectivity index (χ0n) is 12.0. The maximum atomic E-state index is 13.5. The van der Waals surface area contributed by atoms with Crippen molar-refractivity contribution < 1.29 is 26.7 Å². The molecule has 2 atom stereocenters. The van der Waals surface area contributed by atoms with Crippen molar-refractivity contribution in [2.24, 2.45) is 5.92 Å². The summed E-state index contributed by atoms with van der Waals surface area (Å²) >= 11 is 0. The first-order chi connectivity index (χ1) is 9.51. The maximum absolute atomic E-state index is 13.5. The van der Waals surface area contributed by atoms with E-state index >= 15 is 0 Å². The molecule has 21 heavy (non-hydrogen) atoms. The van der Waals surface area contributed by atoms with Gasteiger partial charge in [-0.1, -0.05) is 20.3 Å². The van der Waals surface area contributed by atoms with E-state index in [-0.39, 0.29) is 24.6 Å². The van der Waals surface area contributed by atoms with E-state index in [2.05, 4.69) is 0 Å². The molecule has 120 valence electrons. The number of benzene rings is 1. The van der Waals surface area contributed by atoms with Gasteiger partial charge in [-0.05, 0) is 18.9 Å². The molecule has 0 radical (unpaired) electrons. The zero-order valence-corrected chi connectivity index (χ0v) is 12.8. The molecule has 0 aliphatic rings. The van der Waals surface area contributed by atoms with E-state index in [4.69, 9.17) is 0 Å². The van der Waals surface area contributed by atoms with Crippen molar-refractivity contribution in [1.29, 1.82) is 0 Å². The maximum Gasteiger partial charge on any atom is 0.243 e. The highest BCUT2D eigenvalue weighted by Crippen LogP contribution is 2.22. The topological polar surface area (TPSA) is 66.4 Å². The largest absolute Gasteiger partial charge is 0.389 e. The van der Waals surface area contributed by atoms with Crippen molar-refractivity contribution in [1.82, 2.24) is 4.72 Å². The van der Waals surface area contributed by atoms with Gasteiger partial charge in [-0.15, -0.1) is 0 Å². The Hall–Kier alpha value is -1.12. The molecule has 0 saturated heterocycles. The van der Waals surface area contributed by atoms with Crippen LogP contribution in [-0.2, 0) is 10.0 Å². The summed E-state index contributed by atoms with van der Waals surface area (Å²) in [5, 5.41) is 10.1. The molecule has 4 nitrogen and oxygen atoms in total. The van der Waals surface area contributed by atoms with Crippen LogP contribution in [0, 0.1) is 23.4 Å². The molecule has 0 aliphatic carbocycles. The van der Waals surface area contributed by atoms with Crippen molar-refractivity contribution in [2.45, 2.75) is 37.7 Å². The number of halogens is 3. The van der Waals surface area contributed by atoms with Crippen molar-refractivity contribution in [2.75, 3.05) is 6.54 Å². The lowest BCUT2D eigenvalue weighted by atomic mass is 9.89. The molecule has 0 heterocycles. The van der Waals surface area contributed by atoms with Gasteiger partial charge < -0.3 is 5.11 Å². The Kier molecular flexibility index (Phi) is 5.40. The molecule has 0 saturated carbocycles. The molecule has 8 heteroatoms. The minimum atomic E-state index is -4.40. The normalized spacial score (nSPS) is 16.5. The molecule has 1 aromatic carbocycles. The second-order valence-corrected chi connectivity index (χ2v) is 6.92. The summed E-state index contributed by atoms with van der Waals surface area (Å²) in [5.74, 6) is -4.55. The summed E-state index contributed by atoms with van der Waals surface area (Å²) in [5.41, 5.74) is -1.35. The van der Waals surface area contributed by atoms with Crippen LogP contribution in [0.15, 0.2) is 17.0 Å². The van der Waals surface area contributed by atoms with Crippen molar-refractivity contribution >= 4 is 10.0 Å². The lowest BCUT2D eigenvalue weighted by Gasteiger charge is -2.29. The van der Waals surface area contributed by atoms with E-state index in [1.807, 2.05) is 11.6 Å². The van der Waals surface area contributed by atoms with Crippen LogP contribution < -0.4 is 4.72 Å². The van der Waals surface area contributed by atoms with E-state index < -0.39 is 38.0 Å². The van der Waals surface area contributed by atoms with Crippen LogP contribution in [0.4, 0.5) is 13.2 Å². The van der Waals surface area contributed by atoms with Gasteiger partial charge in [0.2, 0.25) is 10.0 Å². The van der Waals surface area contributed by atoms with Gasteiger partial charge >= 0.3 is 0 Å². The molecule has 1 rings (SSSR count). The molecule has 0 fully saturated rings. The smallest absolute Gasteiger partial charge is 0.243 e. The zero-order chi connectivity index (χ0) is 16.4. The van der Waals surface area contributed by atoms with Gasteiger partial charge in [0.25, 0.3) is 0 Å². The Morgan fingerprint density at radius 1 is 1.24 bits per heavy atom. The summed E-state index contributed by atoms with van der Waals surface area (Å²) in [4.78, 5) is -0.999. The predicted molar refractivity (Wildman–Crippen MR) is 71.6 cm³/mol. The fraction of sp³-hybridized carbons (Fsp3) is 0.538. The first kappa shape index (κ1) is 17.9. The minimum absolute atomic E-state index is 0.163. The molecule has 1 aromatic rings. The van der Waals surface area contributed by atoms with Gasteiger partial charge in [-0.3, -0.25) is 0 Å². The van der Waals surface area contributed by atoms with Crippen LogP contribution in [-0.4, -0.2) is 25.7 Å². The Bertz CT molecular complexity index is 617. The van der Waals surface area contributed by atoms with Crippen molar-refractivity contribution in [3.8, 4) is 0 Å². The van der Waals surface area contributed by atoms with Gasteiger partial charge in [-0.2, -0.15) is 0 Å². The number of nitrogens with one attached hydrogen (secondary N) is 1. The molecule has 0 spiro atoms. The summed E-state index contributed by atoms with van der Waals surface area (Å²) in [6.45, 7) is 4.61. The highest BCUT2D eigenvalue weighted by atomic mass is 32.2. The van der Waals surface area contributed by atoms with E-state index in [0.717, 1.165) is 0 Å². The van der Waals surface area contributed by atoms with Gasteiger partial charge in [0, 0.05) is 12.6 Å². The Morgan fingerprint density at radius 2 is 1.76 bits per heavy atom. The van der Waals surface area contributed by atoms with Crippen LogP contribution in [0.1, 0.15) is 27.2 Å². The molecule has 0 bridgehead atoms. The molecule has 0 aliphatic heterocycles. The van der Waals surface area contributed by atoms with Crippen LogP contribution in [0.3, 0.4) is 0 Å². The lowest BCUT2D eigenvalue weighted by molar-refractivity contribution is 0.0102. The number of hydrogen-bond donors (Lipinski definition) is 2. The first-order valence-corrected chi connectivity index (χ1v) is 7.86. The molecule has 2 N–H and O–H groups in total. The Morgan fingerprint density at radius 3 is 2.29 bits per heavy atom. The fourth-order valence-electron chi connectivity index (χ4n) is 1.64. The minimum Gasteiger partial charge on any atom is -0.389 e. The standard InChI is InChI=1S/C13H18F3NO3S/c1-4-8(2)13(3,18)7-17-21(19,20)12-6-10(15)9(14)5-11(12)16/h5-6,8,17-18H,4,7H2,1-3H3. The lowest BCUT2D eigenvalue weighted by Crippen LogP contribution is -2.45. The fourth-order valence-corrected chi connectivity index (χ4v) is 2.86. The van der Waals surface area contributed by atoms with Crippen molar-refractivity contribution in [3.63, 3.8) is 0 Å². The quantitative estimate of drug-likeness (QED) is 0.788. The van der Waals surface area contributed by atoms with Crippen LogP contribution in [0.5, 0.6) is 0 Å². The average molecular weight is 325 g/mol. The first-order valence-electron chi connectivity index (χ1n) is 6.38. The molecular weight excluding hydrogens is 307 g/mol. The van der Waals surface area contributed by atoms with E-state index in [1.165, 1.54) is 6.92 Å². The summed E-state index contributed by atoms with van der Waals surface area (Å²) in [7, 11) is -4.40. The van der Waals surface area contributed by atoms with Crippen molar-refractivity contribution in [3.05, 3.63) is 29.6 Å². The average Bonchev–Trinajstić information content (AvgIpc) is 2.39. The van der Waals surface area contributed by atoms with E-state index in [9.17, 15) is 26.7 Å². The monoisotopic (exact) mass is 325 g/mol. The molecule has 0 amide bonds. The summed E-state index contributed by atoms with van der Waals surface area (Å²) in [6, 6.07) is 0.432. The Balaban J connectivity index is 3.01. The third kappa shape index (κ3) is 4.18. The number of aliphatic hydroxyl groups is 1. The third-order valence-corrected chi connectivity index (χ3v) is 4.97. The van der Waals surface area contributed by atoms with Gasteiger partial charge in [0.15, 0.2) is 11.6 Å². The second kappa shape index (κ2) is 6.33. The number of hydrogen-bond acceptors (Lipinski definition) is 3. The Labute approximate surface area is 122 Å². The van der Waals surface area contributed by atoms with Crippen LogP contribution >= 0.6 is 0 Å². The summed E-state index contributed by atoms with van der Waals surface area (Å²) in [6.07, 6.45) is 0.605.